The van der Waals surface area contributed by atoms with E-state index in [1.165, 1.54) is 0 Å². The van der Waals surface area contributed by atoms with Gasteiger partial charge in [0.1, 0.15) is 6.10 Å². The second kappa shape index (κ2) is 12.2. The van der Waals surface area contributed by atoms with Gasteiger partial charge in [-0.25, -0.2) is 0 Å². The van der Waals surface area contributed by atoms with Crippen LogP contribution in [0.2, 0.25) is 6.04 Å². The minimum Gasteiger partial charge on any atom is -0.375 e. The summed E-state index contributed by atoms with van der Waals surface area (Å²) in [7, 11) is -2.54. The maximum Gasteiger partial charge on any atom is 0.504 e. The maximum atomic E-state index is 5.85. The van der Waals surface area contributed by atoms with Gasteiger partial charge in [-0.3, -0.25) is 0 Å². The molecule has 136 valence electrons. The first kappa shape index (κ1) is 20.8. The molecule has 1 rings (SSSR count). The second-order valence-electron chi connectivity index (χ2n) is 5.55. The summed E-state index contributed by atoms with van der Waals surface area (Å²) in [5.74, 6) is 0. The second-order valence-corrected chi connectivity index (χ2v) is 8.19. The van der Waals surface area contributed by atoms with Gasteiger partial charge in [0, 0.05) is 25.9 Å². The lowest BCUT2D eigenvalue weighted by molar-refractivity contribution is 0.0357. The van der Waals surface area contributed by atoms with Crippen LogP contribution in [0.5, 0.6) is 0 Å². The zero-order valence-corrected chi connectivity index (χ0v) is 16.2. The van der Waals surface area contributed by atoms with Crippen LogP contribution >= 0.6 is 0 Å². The fraction of sp³-hybridized carbons (Fsp3) is 0.882. The Labute approximate surface area is 142 Å². The Morgan fingerprint density at radius 1 is 1.04 bits per heavy atom. The summed E-state index contributed by atoms with van der Waals surface area (Å²) in [5, 5.41) is 0. The summed E-state index contributed by atoms with van der Waals surface area (Å²) < 4.78 is 28.5. The van der Waals surface area contributed by atoms with Crippen molar-refractivity contribution in [3.63, 3.8) is 0 Å². The minimum atomic E-state index is -2.54. The van der Waals surface area contributed by atoms with Gasteiger partial charge in [0.2, 0.25) is 0 Å². The number of hydrogen-bond donors (Lipinski definition) is 0. The van der Waals surface area contributed by atoms with Crippen LogP contribution in [0.25, 0.3) is 0 Å². The highest BCUT2D eigenvalue weighted by Crippen LogP contribution is 2.18. The summed E-state index contributed by atoms with van der Waals surface area (Å²) in [5.41, 5.74) is 0. The highest BCUT2D eigenvalue weighted by atomic mass is 28.4. The average Bonchev–Trinajstić information content (AvgIpc) is 3.35. The fourth-order valence-corrected chi connectivity index (χ4v) is 4.78. The highest BCUT2D eigenvalue weighted by molar-refractivity contribution is 6.61. The van der Waals surface area contributed by atoms with Gasteiger partial charge < -0.3 is 22.8 Å². The molecule has 1 saturated heterocycles. The quantitative estimate of drug-likeness (QED) is 0.258. The van der Waals surface area contributed by atoms with Gasteiger partial charge in [-0.15, -0.1) is 0 Å². The van der Waals surface area contributed by atoms with E-state index >= 15 is 0 Å². The molecule has 6 heteroatoms. The van der Waals surface area contributed by atoms with Crippen molar-refractivity contribution in [1.82, 2.24) is 0 Å². The fourth-order valence-electron chi connectivity index (χ4n) is 2.40. The van der Waals surface area contributed by atoms with Gasteiger partial charge in [-0.1, -0.05) is 19.1 Å². The van der Waals surface area contributed by atoms with E-state index < -0.39 is 8.80 Å². The Morgan fingerprint density at radius 3 is 2.13 bits per heavy atom. The number of hydrogen-bond acceptors (Lipinski definition) is 5. The molecule has 0 aliphatic carbocycles. The molecule has 0 radical (unpaired) electrons. The van der Waals surface area contributed by atoms with Crippen molar-refractivity contribution in [1.29, 1.82) is 0 Å². The van der Waals surface area contributed by atoms with Gasteiger partial charge in [-0.05, 0) is 40.0 Å². The van der Waals surface area contributed by atoms with Crippen LogP contribution in [-0.2, 0) is 22.8 Å². The number of rotatable bonds is 15. The number of allylic oxidation sites excluding steroid dienone is 2. The first-order chi connectivity index (χ1) is 11.2. The van der Waals surface area contributed by atoms with Crippen LogP contribution in [-0.4, -0.2) is 54.0 Å². The molecule has 0 N–H and O–H groups in total. The monoisotopic (exact) mass is 346 g/mol. The van der Waals surface area contributed by atoms with E-state index in [4.69, 9.17) is 22.8 Å². The first-order valence-corrected chi connectivity index (χ1v) is 10.9. The summed E-state index contributed by atoms with van der Waals surface area (Å²) in [6.07, 6.45) is 8.06. The lowest BCUT2D eigenvalue weighted by Crippen LogP contribution is -2.45. The van der Waals surface area contributed by atoms with Crippen molar-refractivity contribution < 1.29 is 22.8 Å². The highest BCUT2D eigenvalue weighted by Gasteiger charge is 2.38. The van der Waals surface area contributed by atoms with E-state index in [1.807, 2.05) is 20.8 Å². The first-order valence-electron chi connectivity index (χ1n) is 8.99. The van der Waals surface area contributed by atoms with Crippen LogP contribution in [0.4, 0.5) is 0 Å². The van der Waals surface area contributed by atoms with Crippen LogP contribution in [0.1, 0.15) is 47.0 Å². The van der Waals surface area contributed by atoms with Gasteiger partial charge in [0.05, 0.1) is 19.3 Å². The predicted octanol–water partition coefficient (Wildman–Crippen LogP) is 3.57. The third-order valence-corrected chi connectivity index (χ3v) is 6.58. The van der Waals surface area contributed by atoms with Crippen molar-refractivity contribution in [2.45, 2.75) is 65.2 Å². The van der Waals surface area contributed by atoms with Crippen molar-refractivity contribution in [3.05, 3.63) is 12.2 Å². The lowest BCUT2D eigenvalue weighted by Gasteiger charge is -2.27. The Hall–Kier alpha value is -0.243. The van der Waals surface area contributed by atoms with Crippen molar-refractivity contribution >= 4 is 8.80 Å². The van der Waals surface area contributed by atoms with Crippen molar-refractivity contribution in [3.8, 4) is 0 Å². The molecule has 0 aromatic rings. The zero-order valence-electron chi connectivity index (χ0n) is 15.2. The average molecular weight is 347 g/mol. The van der Waals surface area contributed by atoms with Crippen molar-refractivity contribution in [2.75, 3.05) is 33.0 Å². The number of epoxide rings is 1. The molecular formula is C17H34O5Si. The molecule has 1 heterocycles. The zero-order chi connectivity index (χ0) is 17.0. The molecule has 0 amide bonds. The molecule has 0 aromatic heterocycles. The molecular weight excluding hydrogens is 312 g/mol. The van der Waals surface area contributed by atoms with Crippen LogP contribution in [0, 0.1) is 0 Å². The van der Waals surface area contributed by atoms with Gasteiger partial charge in [0.25, 0.3) is 0 Å². The van der Waals surface area contributed by atoms with E-state index in [2.05, 4.69) is 19.1 Å². The van der Waals surface area contributed by atoms with Gasteiger partial charge >= 0.3 is 8.80 Å². The predicted molar refractivity (Wildman–Crippen MR) is 93.6 cm³/mol. The Morgan fingerprint density at radius 2 is 1.65 bits per heavy atom. The third kappa shape index (κ3) is 8.98. The summed E-state index contributed by atoms with van der Waals surface area (Å²) >= 11 is 0. The third-order valence-electron chi connectivity index (χ3n) is 3.66. The Bertz CT molecular complexity index is 303. The van der Waals surface area contributed by atoms with Crippen molar-refractivity contribution in [2.24, 2.45) is 0 Å². The van der Waals surface area contributed by atoms with E-state index in [0.717, 1.165) is 38.5 Å². The summed E-state index contributed by atoms with van der Waals surface area (Å²) in [4.78, 5) is 0. The van der Waals surface area contributed by atoms with Crippen LogP contribution < -0.4 is 0 Å². The van der Waals surface area contributed by atoms with E-state index in [-0.39, 0.29) is 0 Å². The Kier molecular flexibility index (Phi) is 11.0. The molecule has 1 fully saturated rings. The van der Waals surface area contributed by atoms with Gasteiger partial charge in [-0.2, -0.15) is 0 Å². The van der Waals surface area contributed by atoms with Gasteiger partial charge in [0.15, 0.2) is 0 Å². The van der Waals surface area contributed by atoms with Crippen LogP contribution in [0.15, 0.2) is 12.2 Å². The van der Waals surface area contributed by atoms with Crippen LogP contribution in [0.3, 0.4) is 0 Å². The molecule has 5 nitrogen and oxygen atoms in total. The van der Waals surface area contributed by atoms with E-state index in [1.54, 1.807) is 0 Å². The number of ether oxygens (including phenoxy) is 2. The lowest BCUT2D eigenvalue weighted by atomic mass is 10.1. The molecule has 23 heavy (non-hydrogen) atoms. The molecule has 1 aliphatic rings. The topological polar surface area (TPSA) is 49.5 Å². The SMILES string of the molecule is CCO[Si](CC=CCCC(CC)OCC1CO1)(OCC)OCC. The molecule has 0 bridgehead atoms. The largest absolute Gasteiger partial charge is 0.504 e. The molecule has 0 spiro atoms. The summed E-state index contributed by atoms with van der Waals surface area (Å²) in [6.45, 7) is 11.6. The minimum absolute atomic E-state index is 0.316. The Balaban J connectivity index is 2.31. The van der Waals surface area contributed by atoms with E-state index in [0.29, 0.717) is 32.0 Å². The van der Waals surface area contributed by atoms with E-state index in [9.17, 15) is 0 Å². The molecule has 0 aromatic carbocycles. The molecule has 1 aliphatic heterocycles. The standard InChI is InChI=1S/C17H34O5Si/c1-5-16(18-14-17-15-19-17)12-10-9-11-13-23(20-6-2,21-7-3)22-8-4/h9,11,16-17H,5-8,10,12-15H2,1-4H3. The summed E-state index contributed by atoms with van der Waals surface area (Å²) in [6, 6.07) is 0.732. The molecule has 2 unspecified atom stereocenters. The molecule has 0 saturated carbocycles. The molecule has 2 atom stereocenters. The maximum absolute atomic E-state index is 5.85. The smallest absolute Gasteiger partial charge is 0.375 e. The normalized spacial score (nSPS) is 19.4.